The highest BCUT2D eigenvalue weighted by Gasteiger charge is 2.05. The molecule has 1 aromatic carbocycles. The molecule has 84 valence electrons. The molecule has 0 aliphatic rings. The third-order valence-corrected chi connectivity index (χ3v) is 2.36. The van der Waals surface area contributed by atoms with Gasteiger partial charge in [0.15, 0.2) is 0 Å². The maximum atomic E-state index is 10.6. The standard InChI is InChI=1S/C12H13NO3/c1-2-16-10-3-4-11-9(7-10)5-6-13(11)8-12(14)15/h3-7H,2,8H2,1H3,(H,14,15). The number of benzene rings is 1. The topological polar surface area (TPSA) is 51.5 Å². The van der Waals surface area contributed by atoms with Gasteiger partial charge in [0.1, 0.15) is 12.3 Å². The highest BCUT2D eigenvalue weighted by atomic mass is 16.5. The number of carbonyl (C=O) groups is 1. The zero-order valence-electron chi connectivity index (χ0n) is 9.01. The summed E-state index contributed by atoms with van der Waals surface area (Å²) in [6.07, 6.45) is 1.77. The van der Waals surface area contributed by atoms with Gasteiger partial charge in [0.05, 0.1) is 6.61 Å². The molecule has 0 atom stereocenters. The van der Waals surface area contributed by atoms with Gasteiger partial charge in [-0.1, -0.05) is 0 Å². The first-order chi connectivity index (χ1) is 7.70. The zero-order valence-corrected chi connectivity index (χ0v) is 9.01. The van der Waals surface area contributed by atoms with E-state index in [1.165, 1.54) is 0 Å². The van der Waals surface area contributed by atoms with Crippen molar-refractivity contribution in [3.63, 3.8) is 0 Å². The van der Waals surface area contributed by atoms with Gasteiger partial charge >= 0.3 is 5.97 Å². The summed E-state index contributed by atoms with van der Waals surface area (Å²) >= 11 is 0. The molecule has 0 amide bonds. The van der Waals surface area contributed by atoms with E-state index in [4.69, 9.17) is 9.84 Å². The normalized spacial score (nSPS) is 10.6. The number of aromatic nitrogens is 1. The van der Waals surface area contributed by atoms with E-state index in [1.807, 2.05) is 31.2 Å². The van der Waals surface area contributed by atoms with Crippen LogP contribution in [0.2, 0.25) is 0 Å². The van der Waals surface area contributed by atoms with Gasteiger partial charge < -0.3 is 14.4 Å². The van der Waals surface area contributed by atoms with Crippen LogP contribution < -0.4 is 4.74 Å². The molecule has 16 heavy (non-hydrogen) atoms. The van der Waals surface area contributed by atoms with Crippen LogP contribution in [0, 0.1) is 0 Å². The summed E-state index contributed by atoms with van der Waals surface area (Å²) in [7, 11) is 0. The molecular formula is C12H13NO3. The van der Waals surface area contributed by atoms with Crippen LogP contribution in [0.5, 0.6) is 5.75 Å². The van der Waals surface area contributed by atoms with Crippen LogP contribution in [0.1, 0.15) is 6.92 Å². The number of nitrogens with zero attached hydrogens (tertiary/aromatic N) is 1. The molecule has 4 heteroatoms. The average molecular weight is 219 g/mol. The lowest BCUT2D eigenvalue weighted by molar-refractivity contribution is -0.137. The molecule has 0 radical (unpaired) electrons. The summed E-state index contributed by atoms with van der Waals surface area (Å²) in [5.74, 6) is -0.0329. The van der Waals surface area contributed by atoms with E-state index in [-0.39, 0.29) is 6.54 Å². The fourth-order valence-corrected chi connectivity index (χ4v) is 1.72. The van der Waals surface area contributed by atoms with Crippen LogP contribution in [0.3, 0.4) is 0 Å². The Hall–Kier alpha value is -1.97. The van der Waals surface area contributed by atoms with Gasteiger partial charge in [-0.25, -0.2) is 0 Å². The van der Waals surface area contributed by atoms with Crippen molar-refractivity contribution in [1.29, 1.82) is 0 Å². The third kappa shape index (κ3) is 2.00. The number of rotatable bonds is 4. The molecule has 2 aromatic rings. The SMILES string of the molecule is CCOc1ccc2c(ccn2CC(=O)O)c1. The molecule has 1 heterocycles. The Morgan fingerprint density at radius 2 is 2.25 bits per heavy atom. The number of carboxylic acids is 1. The first-order valence-electron chi connectivity index (χ1n) is 5.14. The Bertz CT molecular complexity index is 516. The molecule has 0 aliphatic carbocycles. The average Bonchev–Trinajstić information content (AvgIpc) is 2.61. The molecular weight excluding hydrogens is 206 g/mol. The first-order valence-corrected chi connectivity index (χ1v) is 5.14. The molecule has 2 rings (SSSR count). The second-order valence-electron chi connectivity index (χ2n) is 3.49. The quantitative estimate of drug-likeness (QED) is 0.856. The van der Waals surface area contributed by atoms with E-state index in [1.54, 1.807) is 10.8 Å². The molecule has 0 saturated carbocycles. The lowest BCUT2D eigenvalue weighted by Gasteiger charge is -2.04. The Kier molecular flexibility index (Phi) is 2.81. The summed E-state index contributed by atoms with van der Waals surface area (Å²) in [5, 5.41) is 9.73. The zero-order chi connectivity index (χ0) is 11.5. The van der Waals surface area contributed by atoms with Crippen LogP contribution in [0.15, 0.2) is 30.5 Å². The van der Waals surface area contributed by atoms with E-state index in [0.29, 0.717) is 6.61 Å². The number of ether oxygens (including phenoxy) is 1. The van der Waals surface area contributed by atoms with Crippen molar-refractivity contribution in [2.24, 2.45) is 0 Å². The molecule has 0 spiro atoms. The lowest BCUT2D eigenvalue weighted by Crippen LogP contribution is -2.07. The van der Waals surface area contributed by atoms with E-state index < -0.39 is 5.97 Å². The number of fused-ring (bicyclic) bond motifs is 1. The number of hydrogen-bond donors (Lipinski definition) is 1. The van der Waals surface area contributed by atoms with Crippen molar-refractivity contribution in [3.05, 3.63) is 30.5 Å². The number of aliphatic carboxylic acids is 1. The first kappa shape index (κ1) is 10.5. The summed E-state index contributed by atoms with van der Waals surface area (Å²) in [5.41, 5.74) is 0.908. The van der Waals surface area contributed by atoms with Gasteiger partial charge in [0.25, 0.3) is 0 Å². The summed E-state index contributed by atoms with van der Waals surface area (Å²) in [6, 6.07) is 7.53. The smallest absolute Gasteiger partial charge is 0.323 e. The minimum absolute atomic E-state index is 0.0164. The van der Waals surface area contributed by atoms with Crippen LogP contribution in [-0.4, -0.2) is 22.2 Å². The molecule has 0 fully saturated rings. The minimum atomic E-state index is -0.841. The van der Waals surface area contributed by atoms with Crippen molar-refractivity contribution in [2.75, 3.05) is 6.61 Å². The fourth-order valence-electron chi connectivity index (χ4n) is 1.72. The number of hydrogen-bond acceptors (Lipinski definition) is 2. The number of carboxylic acid groups (broad SMARTS) is 1. The van der Waals surface area contributed by atoms with Crippen LogP contribution >= 0.6 is 0 Å². The van der Waals surface area contributed by atoms with Crippen LogP contribution in [-0.2, 0) is 11.3 Å². The molecule has 0 bridgehead atoms. The van der Waals surface area contributed by atoms with Crippen molar-refractivity contribution in [3.8, 4) is 5.75 Å². The molecule has 4 nitrogen and oxygen atoms in total. The van der Waals surface area contributed by atoms with E-state index in [9.17, 15) is 4.79 Å². The highest BCUT2D eigenvalue weighted by Crippen LogP contribution is 2.21. The van der Waals surface area contributed by atoms with Gasteiger partial charge in [0, 0.05) is 17.1 Å². The monoisotopic (exact) mass is 219 g/mol. The largest absolute Gasteiger partial charge is 0.494 e. The Morgan fingerprint density at radius 3 is 2.94 bits per heavy atom. The van der Waals surface area contributed by atoms with Crippen LogP contribution in [0.25, 0.3) is 10.9 Å². The van der Waals surface area contributed by atoms with Crippen molar-refractivity contribution in [1.82, 2.24) is 4.57 Å². The van der Waals surface area contributed by atoms with Crippen molar-refractivity contribution < 1.29 is 14.6 Å². The van der Waals surface area contributed by atoms with E-state index in [0.717, 1.165) is 16.7 Å². The third-order valence-electron chi connectivity index (χ3n) is 2.36. The molecule has 0 unspecified atom stereocenters. The highest BCUT2D eigenvalue weighted by molar-refractivity contribution is 5.83. The predicted molar refractivity (Wildman–Crippen MR) is 60.7 cm³/mol. The van der Waals surface area contributed by atoms with Gasteiger partial charge in [-0.05, 0) is 31.2 Å². The lowest BCUT2D eigenvalue weighted by atomic mass is 10.2. The molecule has 1 N–H and O–H groups in total. The van der Waals surface area contributed by atoms with Gasteiger partial charge in [0.2, 0.25) is 0 Å². The van der Waals surface area contributed by atoms with Crippen LogP contribution in [0.4, 0.5) is 0 Å². The molecule has 1 aromatic heterocycles. The molecule has 0 aliphatic heterocycles. The fraction of sp³-hybridized carbons (Fsp3) is 0.250. The second-order valence-corrected chi connectivity index (χ2v) is 3.49. The summed E-state index contributed by atoms with van der Waals surface area (Å²) < 4.78 is 7.08. The minimum Gasteiger partial charge on any atom is -0.494 e. The van der Waals surface area contributed by atoms with Gasteiger partial charge in [-0.3, -0.25) is 4.79 Å². The van der Waals surface area contributed by atoms with Crippen molar-refractivity contribution in [2.45, 2.75) is 13.5 Å². The van der Waals surface area contributed by atoms with E-state index >= 15 is 0 Å². The maximum absolute atomic E-state index is 10.6. The van der Waals surface area contributed by atoms with E-state index in [2.05, 4.69) is 0 Å². The Morgan fingerprint density at radius 1 is 1.44 bits per heavy atom. The molecule has 0 saturated heterocycles. The summed E-state index contributed by atoms with van der Waals surface area (Å²) in [4.78, 5) is 10.6. The second kappa shape index (κ2) is 4.26. The van der Waals surface area contributed by atoms with Gasteiger partial charge in [-0.15, -0.1) is 0 Å². The Labute approximate surface area is 93.1 Å². The predicted octanol–water partition coefficient (Wildman–Crippen LogP) is 2.12. The summed E-state index contributed by atoms with van der Waals surface area (Å²) in [6.45, 7) is 2.54. The van der Waals surface area contributed by atoms with Crippen molar-refractivity contribution >= 4 is 16.9 Å². The Balaban J connectivity index is 2.38. The maximum Gasteiger partial charge on any atom is 0.323 e. The van der Waals surface area contributed by atoms with Gasteiger partial charge in [-0.2, -0.15) is 0 Å².